The lowest BCUT2D eigenvalue weighted by Crippen LogP contribution is -2.34. The van der Waals surface area contributed by atoms with Crippen molar-refractivity contribution in [3.63, 3.8) is 0 Å². The van der Waals surface area contributed by atoms with E-state index in [4.69, 9.17) is 4.74 Å². The molecule has 0 radical (unpaired) electrons. The fraction of sp³-hybridized carbons (Fsp3) is 0.417. The molecule has 0 spiro atoms. The van der Waals surface area contributed by atoms with Crippen LogP contribution >= 0.6 is 15.9 Å². The zero-order chi connectivity index (χ0) is 13.4. The average Bonchev–Trinajstić information content (AvgIpc) is 2.95. The number of hydrogen-bond donors (Lipinski definition) is 0. The van der Waals surface area contributed by atoms with E-state index in [0.717, 1.165) is 17.3 Å². The summed E-state index contributed by atoms with van der Waals surface area (Å²) in [5, 5.41) is 4.13. The van der Waals surface area contributed by atoms with Crippen molar-refractivity contribution in [1.29, 1.82) is 0 Å². The van der Waals surface area contributed by atoms with Crippen LogP contribution in [-0.2, 0) is 4.74 Å². The number of carbonyl (C=O) groups excluding carboxylic acids is 1. The second-order valence-corrected chi connectivity index (χ2v) is 5.29. The highest BCUT2D eigenvalue weighted by atomic mass is 79.9. The van der Waals surface area contributed by atoms with Crippen molar-refractivity contribution in [3.05, 3.63) is 22.9 Å². The van der Waals surface area contributed by atoms with Crippen LogP contribution in [0.25, 0.3) is 5.65 Å². The van der Waals surface area contributed by atoms with Gasteiger partial charge in [-0.15, -0.1) is 0 Å². The van der Waals surface area contributed by atoms with Gasteiger partial charge in [0.25, 0.3) is 0 Å². The van der Waals surface area contributed by atoms with E-state index in [1.54, 1.807) is 27.9 Å². The standard InChI is InChI=1S/C12H13BrN4O2/c1-2-3-8-7-19-12(18)17(8)10-4-5-16-11(15-10)9(13)6-14-16/h4-6,8H,2-3,7H2,1H3. The van der Waals surface area contributed by atoms with Gasteiger partial charge in [0.05, 0.1) is 16.7 Å². The third-order valence-corrected chi connectivity index (χ3v) is 3.70. The van der Waals surface area contributed by atoms with Gasteiger partial charge < -0.3 is 4.74 Å². The topological polar surface area (TPSA) is 59.7 Å². The Hall–Kier alpha value is -1.63. The summed E-state index contributed by atoms with van der Waals surface area (Å²) < 4.78 is 7.58. The maximum absolute atomic E-state index is 11.8. The fourth-order valence-electron chi connectivity index (χ4n) is 2.25. The maximum Gasteiger partial charge on any atom is 0.415 e. The summed E-state index contributed by atoms with van der Waals surface area (Å²) in [4.78, 5) is 18.0. The second kappa shape index (κ2) is 4.80. The number of anilines is 1. The first-order valence-corrected chi connectivity index (χ1v) is 6.96. The molecule has 1 atom stereocenters. The van der Waals surface area contributed by atoms with Crippen molar-refractivity contribution >= 4 is 33.5 Å². The smallest absolute Gasteiger partial charge is 0.415 e. The number of hydrogen-bond acceptors (Lipinski definition) is 4. The van der Waals surface area contributed by atoms with Gasteiger partial charge in [0, 0.05) is 6.20 Å². The molecular formula is C12H13BrN4O2. The van der Waals surface area contributed by atoms with Crippen LogP contribution in [0.2, 0.25) is 0 Å². The Morgan fingerprint density at radius 3 is 3.21 bits per heavy atom. The fourth-order valence-corrected chi connectivity index (χ4v) is 2.61. The highest BCUT2D eigenvalue weighted by Crippen LogP contribution is 2.25. The first-order chi connectivity index (χ1) is 9.20. The second-order valence-electron chi connectivity index (χ2n) is 4.44. The van der Waals surface area contributed by atoms with Crippen LogP contribution in [0.15, 0.2) is 22.9 Å². The van der Waals surface area contributed by atoms with Crippen LogP contribution in [0.3, 0.4) is 0 Å². The Morgan fingerprint density at radius 2 is 2.42 bits per heavy atom. The molecule has 6 nitrogen and oxygen atoms in total. The van der Waals surface area contributed by atoms with Gasteiger partial charge in [-0.25, -0.2) is 14.3 Å². The van der Waals surface area contributed by atoms with E-state index in [9.17, 15) is 4.79 Å². The Morgan fingerprint density at radius 1 is 1.58 bits per heavy atom. The van der Waals surface area contributed by atoms with E-state index >= 15 is 0 Å². The summed E-state index contributed by atoms with van der Waals surface area (Å²) in [7, 11) is 0. The molecule has 1 unspecified atom stereocenters. The molecule has 1 aliphatic heterocycles. The minimum Gasteiger partial charge on any atom is -0.447 e. The summed E-state index contributed by atoms with van der Waals surface area (Å²) in [6.07, 6.45) is 5.04. The SMILES string of the molecule is CCCC1COC(=O)N1c1ccn2ncc(Br)c2n1. The molecule has 2 aromatic rings. The van der Waals surface area contributed by atoms with E-state index in [1.165, 1.54) is 0 Å². The number of ether oxygens (including phenoxy) is 1. The first-order valence-electron chi connectivity index (χ1n) is 6.16. The van der Waals surface area contributed by atoms with Crippen molar-refractivity contribution in [3.8, 4) is 0 Å². The monoisotopic (exact) mass is 324 g/mol. The molecule has 1 fully saturated rings. The molecular weight excluding hydrogens is 312 g/mol. The zero-order valence-corrected chi connectivity index (χ0v) is 12.0. The van der Waals surface area contributed by atoms with Crippen molar-refractivity contribution in [2.24, 2.45) is 0 Å². The molecule has 19 heavy (non-hydrogen) atoms. The van der Waals surface area contributed by atoms with Crippen molar-refractivity contribution in [2.45, 2.75) is 25.8 Å². The highest BCUT2D eigenvalue weighted by molar-refractivity contribution is 9.10. The number of amides is 1. The van der Waals surface area contributed by atoms with Gasteiger partial charge in [0.2, 0.25) is 0 Å². The lowest BCUT2D eigenvalue weighted by atomic mass is 10.1. The van der Waals surface area contributed by atoms with Crippen molar-refractivity contribution in [2.75, 3.05) is 11.5 Å². The predicted molar refractivity (Wildman–Crippen MR) is 73.2 cm³/mol. The first kappa shape index (κ1) is 12.4. The van der Waals surface area contributed by atoms with Gasteiger partial charge in [0.1, 0.15) is 12.4 Å². The molecule has 1 aliphatic rings. The van der Waals surface area contributed by atoms with Crippen LogP contribution in [-0.4, -0.2) is 33.3 Å². The van der Waals surface area contributed by atoms with Gasteiger partial charge in [0.15, 0.2) is 5.65 Å². The number of nitrogens with zero attached hydrogens (tertiary/aromatic N) is 4. The molecule has 2 aromatic heterocycles. The highest BCUT2D eigenvalue weighted by Gasteiger charge is 2.34. The normalized spacial score (nSPS) is 19.2. The summed E-state index contributed by atoms with van der Waals surface area (Å²) in [5.74, 6) is 0.606. The maximum atomic E-state index is 11.8. The molecule has 3 rings (SSSR count). The largest absolute Gasteiger partial charge is 0.447 e. The number of carbonyl (C=O) groups is 1. The Bertz CT molecular complexity index is 627. The van der Waals surface area contributed by atoms with Gasteiger partial charge in [-0.2, -0.15) is 5.10 Å². The van der Waals surface area contributed by atoms with E-state index in [2.05, 4.69) is 32.9 Å². The third kappa shape index (κ3) is 2.07. The molecule has 1 amide bonds. The molecule has 0 aromatic carbocycles. The Labute approximate surface area is 118 Å². The number of halogens is 1. The molecule has 7 heteroatoms. The molecule has 0 N–H and O–H groups in total. The average molecular weight is 325 g/mol. The molecule has 100 valence electrons. The number of cyclic esters (lactones) is 1. The van der Waals surface area contributed by atoms with Crippen LogP contribution < -0.4 is 4.90 Å². The van der Waals surface area contributed by atoms with E-state index in [0.29, 0.717) is 18.1 Å². The Kier molecular flexibility index (Phi) is 3.14. The zero-order valence-electron chi connectivity index (χ0n) is 10.4. The molecule has 0 bridgehead atoms. The molecule has 0 aliphatic carbocycles. The summed E-state index contributed by atoms with van der Waals surface area (Å²) in [6, 6.07) is 1.84. The van der Waals surface area contributed by atoms with Gasteiger partial charge in [-0.1, -0.05) is 13.3 Å². The minimum absolute atomic E-state index is 0.0640. The van der Waals surface area contributed by atoms with Crippen molar-refractivity contribution in [1.82, 2.24) is 14.6 Å². The van der Waals surface area contributed by atoms with E-state index in [1.807, 2.05) is 0 Å². The van der Waals surface area contributed by atoms with Gasteiger partial charge in [-0.05, 0) is 28.4 Å². The van der Waals surface area contributed by atoms with Gasteiger partial charge in [-0.3, -0.25) is 4.90 Å². The summed E-state index contributed by atoms with van der Waals surface area (Å²) in [5.41, 5.74) is 0.687. The lowest BCUT2D eigenvalue weighted by Gasteiger charge is -2.19. The number of fused-ring (bicyclic) bond motifs is 1. The number of rotatable bonds is 3. The van der Waals surface area contributed by atoms with Crippen LogP contribution in [0, 0.1) is 0 Å². The van der Waals surface area contributed by atoms with E-state index in [-0.39, 0.29) is 12.1 Å². The lowest BCUT2D eigenvalue weighted by molar-refractivity contribution is 0.178. The molecule has 3 heterocycles. The molecule has 0 saturated carbocycles. The third-order valence-electron chi connectivity index (χ3n) is 3.14. The minimum atomic E-state index is -0.328. The van der Waals surface area contributed by atoms with E-state index < -0.39 is 0 Å². The number of aromatic nitrogens is 3. The van der Waals surface area contributed by atoms with Crippen LogP contribution in [0.1, 0.15) is 19.8 Å². The van der Waals surface area contributed by atoms with Crippen LogP contribution in [0.5, 0.6) is 0 Å². The molecule has 1 saturated heterocycles. The predicted octanol–water partition coefficient (Wildman–Crippen LogP) is 2.62. The van der Waals surface area contributed by atoms with Crippen LogP contribution in [0.4, 0.5) is 10.6 Å². The summed E-state index contributed by atoms with van der Waals surface area (Å²) in [6.45, 7) is 2.52. The van der Waals surface area contributed by atoms with Gasteiger partial charge >= 0.3 is 6.09 Å². The van der Waals surface area contributed by atoms with Crippen molar-refractivity contribution < 1.29 is 9.53 Å². The summed E-state index contributed by atoms with van der Waals surface area (Å²) >= 11 is 3.39. The quantitative estimate of drug-likeness (QED) is 0.870. The Balaban J connectivity index is 2.01.